The summed E-state index contributed by atoms with van der Waals surface area (Å²) in [7, 11) is 0. The fraction of sp³-hybridized carbons (Fsp3) is 0.0526. The van der Waals surface area contributed by atoms with Crippen molar-refractivity contribution in [2.45, 2.75) is 19.3 Å². The van der Waals surface area contributed by atoms with Gasteiger partial charge in [-0.05, 0) is 113 Å². The molecule has 0 atom stereocenters. The van der Waals surface area contributed by atoms with Crippen molar-refractivity contribution in [2.24, 2.45) is 0 Å². The molecule has 0 aromatic heterocycles. The van der Waals surface area contributed by atoms with Gasteiger partial charge in [0, 0.05) is 22.2 Å². The number of hydrogen-bond donors (Lipinski definition) is 0. The van der Waals surface area contributed by atoms with E-state index in [-0.39, 0.29) is 5.41 Å². The normalized spacial score (nSPS) is 12.8. The Bertz CT molecular complexity index is 3200. The molecule has 0 saturated carbocycles. The van der Waals surface area contributed by atoms with Crippen LogP contribution in [0.25, 0.3) is 76.8 Å². The van der Waals surface area contributed by atoms with E-state index in [1.807, 2.05) is 0 Å². The first kappa shape index (κ1) is 34.1. The standard InChI is InChI=1S/C57H41N/c1-57(2)52-26-13-12-24-48(52)49-32-31-45(37-53(49)57)58(55-34-29-41-19-9-11-23-47(41)56(55)50-25-14-21-40-18-8-10-22-46(40)50)54-33-30-43(38-15-4-3-5-16-38)36-51(54)44-28-27-39-17-6-7-20-42(39)35-44/h3-37H,1-2H3. The van der Waals surface area contributed by atoms with Crippen LogP contribution < -0.4 is 4.90 Å². The second-order valence-corrected chi connectivity index (χ2v) is 16.1. The van der Waals surface area contributed by atoms with Crippen LogP contribution in [-0.2, 0) is 5.41 Å². The Balaban J connectivity index is 1.25. The van der Waals surface area contributed by atoms with Gasteiger partial charge in [0.2, 0.25) is 0 Å². The summed E-state index contributed by atoms with van der Waals surface area (Å²) in [6.07, 6.45) is 0. The molecular weight excluding hydrogens is 699 g/mol. The maximum absolute atomic E-state index is 2.54. The Morgan fingerprint density at radius 1 is 0.328 bits per heavy atom. The molecule has 10 aromatic carbocycles. The first-order chi connectivity index (χ1) is 28.5. The van der Waals surface area contributed by atoms with Crippen LogP contribution in [0.15, 0.2) is 212 Å². The lowest BCUT2D eigenvalue weighted by atomic mass is 9.82. The van der Waals surface area contributed by atoms with Gasteiger partial charge in [0.25, 0.3) is 0 Å². The van der Waals surface area contributed by atoms with Crippen molar-refractivity contribution in [2.75, 3.05) is 4.90 Å². The van der Waals surface area contributed by atoms with Crippen LogP contribution in [0.2, 0.25) is 0 Å². The third-order valence-electron chi connectivity index (χ3n) is 12.4. The Kier molecular flexibility index (Phi) is 7.91. The lowest BCUT2D eigenvalue weighted by molar-refractivity contribution is 0.660. The molecule has 0 heterocycles. The number of benzene rings is 10. The zero-order chi connectivity index (χ0) is 38.8. The molecule has 0 unspecified atom stereocenters. The van der Waals surface area contributed by atoms with E-state index < -0.39 is 0 Å². The third kappa shape index (κ3) is 5.46. The molecule has 274 valence electrons. The number of rotatable bonds is 6. The van der Waals surface area contributed by atoms with E-state index in [1.165, 1.54) is 88.0 Å². The summed E-state index contributed by atoms with van der Waals surface area (Å²) >= 11 is 0. The van der Waals surface area contributed by atoms with E-state index in [4.69, 9.17) is 0 Å². The monoisotopic (exact) mass is 739 g/mol. The summed E-state index contributed by atoms with van der Waals surface area (Å²) < 4.78 is 0. The molecule has 0 fully saturated rings. The highest BCUT2D eigenvalue weighted by Crippen LogP contribution is 2.53. The van der Waals surface area contributed by atoms with E-state index >= 15 is 0 Å². The Hall–Kier alpha value is -7.22. The molecule has 0 aliphatic heterocycles. The van der Waals surface area contributed by atoms with Crippen LogP contribution >= 0.6 is 0 Å². The summed E-state index contributed by atoms with van der Waals surface area (Å²) in [4.78, 5) is 2.54. The van der Waals surface area contributed by atoms with Gasteiger partial charge in [-0.15, -0.1) is 0 Å². The van der Waals surface area contributed by atoms with E-state index in [9.17, 15) is 0 Å². The Labute approximate surface area is 340 Å². The summed E-state index contributed by atoms with van der Waals surface area (Å²) in [5.41, 5.74) is 15.8. The molecule has 0 saturated heterocycles. The van der Waals surface area contributed by atoms with Crippen LogP contribution in [0.1, 0.15) is 25.0 Å². The van der Waals surface area contributed by atoms with Crippen molar-refractivity contribution in [1.29, 1.82) is 0 Å². The fourth-order valence-electron chi connectivity index (χ4n) is 9.54. The van der Waals surface area contributed by atoms with Gasteiger partial charge in [0.15, 0.2) is 0 Å². The number of fused-ring (bicyclic) bond motifs is 6. The summed E-state index contributed by atoms with van der Waals surface area (Å²) in [5, 5.41) is 7.37. The highest BCUT2D eigenvalue weighted by Gasteiger charge is 2.36. The van der Waals surface area contributed by atoms with Gasteiger partial charge in [0.05, 0.1) is 11.4 Å². The van der Waals surface area contributed by atoms with E-state index in [0.717, 1.165) is 17.1 Å². The molecule has 11 rings (SSSR count). The maximum atomic E-state index is 2.54. The molecule has 10 aromatic rings. The number of nitrogens with zero attached hydrogens (tertiary/aromatic N) is 1. The maximum Gasteiger partial charge on any atom is 0.0546 e. The zero-order valence-corrected chi connectivity index (χ0v) is 32.7. The van der Waals surface area contributed by atoms with Crippen molar-refractivity contribution in [3.8, 4) is 44.5 Å². The highest BCUT2D eigenvalue weighted by molar-refractivity contribution is 6.12. The van der Waals surface area contributed by atoms with E-state index in [2.05, 4.69) is 231 Å². The molecule has 1 heteroatoms. The first-order valence-electron chi connectivity index (χ1n) is 20.3. The van der Waals surface area contributed by atoms with E-state index in [0.29, 0.717) is 0 Å². The molecule has 1 aliphatic rings. The molecule has 0 N–H and O–H groups in total. The average Bonchev–Trinajstić information content (AvgIpc) is 3.51. The molecule has 0 radical (unpaired) electrons. The van der Waals surface area contributed by atoms with Gasteiger partial charge in [-0.2, -0.15) is 0 Å². The Morgan fingerprint density at radius 2 is 0.931 bits per heavy atom. The van der Waals surface area contributed by atoms with Crippen molar-refractivity contribution >= 4 is 49.4 Å². The van der Waals surface area contributed by atoms with Crippen molar-refractivity contribution in [3.63, 3.8) is 0 Å². The van der Waals surface area contributed by atoms with Crippen molar-refractivity contribution in [3.05, 3.63) is 223 Å². The van der Waals surface area contributed by atoms with Gasteiger partial charge < -0.3 is 4.90 Å². The largest absolute Gasteiger partial charge is 0.309 e. The van der Waals surface area contributed by atoms with Gasteiger partial charge in [-0.25, -0.2) is 0 Å². The van der Waals surface area contributed by atoms with Gasteiger partial charge in [0.1, 0.15) is 0 Å². The molecule has 0 bridgehead atoms. The van der Waals surface area contributed by atoms with E-state index in [1.54, 1.807) is 0 Å². The minimum absolute atomic E-state index is 0.159. The quantitative estimate of drug-likeness (QED) is 0.164. The van der Waals surface area contributed by atoms with Crippen LogP contribution in [0.4, 0.5) is 17.1 Å². The fourth-order valence-corrected chi connectivity index (χ4v) is 9.54. The van der Waals surface area contributed by atoms with Crippen molar-refractivity contribution < 1.29 is 0 Å². The van der Waals surface area contributed by atoms with Gasteiger partial charge in [-0.1, -0.05) is 190 Å². The zero-order valence-electron chi connectivity index (χ0n) is 32.7. The summed E-state index contributed by atoms with van der Waals surface area (Å²) in [5.74, 6) is 0. The third-order valence-corrected chi connectivity index (χ3v) is 12.4. The predicted molar refractivity (Wildman–Crippen MR) is 248 cm³/mol. The molecular formula is C57H41N. The molecule has 0 spiro atoms. The second-order valence-electron chi connectivity index (χ2n) is 16.1. The van der Waals surface area contributed by atoms with Crippen LogP contribution in [0.5, 0.6) is 0 Å². The lowest BCUT2D eigenvalue weighted by Gasteiger charge is -2.32. The lowest BCUT2D eigenvalue weighted by Crippen LogP contribution is -2.17. The Morgan fingerprint density at radius 3 is 1.78 bits per heavy atom. The number of anilines is 3. The van der Waals surface area contributed by atoms with Gasteiger partial charge in [-0.3, -0.25) is 0 Å². The van der Waals surface area contributed by atoms with Crippen LogP contribution in [0.3, 0.4) is 0 Å². The smallest absolute Gasteiger partial charge is 0.0546 e. The second kappa shape index (κ2) is 13.5. The first-order valence-corrected chi connectivity index (χ1v) is 20.3. The van der Waals surface area contributed by atoms with Crippen LogP contribution in [0, 0.1) is 0 Å². The topological polar surface area (TPSA) is 3.24 Å². The molecule has 1 nitrogen and oxygen atoms in total. The SMILES string of the molecule is CC1(C)c2ccccc2-c2ccc(N(c3ccc(-c4ccccc4)cc3-c3ccc4ccccc4c3)c3ccc4ccccc4c3-c3cccc4ccccc34)cc21. The van der Waals surface area contributed by atoms with Crippen molar-refractivity contribution in [1.82, 2.24) is 0 Å². The highest BCUT2D eigenvalue weighted by atomic mass is 15.1. The average molecular weight is 740 g/mol. The molecule has 0 amide bonds. The summed E-state index contributed by atoms with van der Waals surface area (Å²) in [6.45, 7) is 4.75. The van der Waals surface area contributed by atoms with Gasteiger partial charge >= 0.3 is 0 Å². The minimum Gasteiger partial charge on any atom is -0.309 e. The molecule has 58 heavy (non-hydrogen) atoms. The molecule has 1 aliphatic carbocycles. The predicted octanol–water partition coefficient (Wildman–Crippen LogP) is 15.9. The van der Waals surface area contributed by atoms with Crippen LogP contribution in [-0.4, -0.2) is 0 Å². The minimum atomic E-state index is -0.159. The number of hydrogen-bond acceptors (Lipinski definition) is 1. The summed E-state index contributed by atoms with van der Waals surface area (Å²) in [6, 6.07) is 78.5.